The van der Waals surface area contributed by atoms with Gasteiger partial charge in [-0.25, -0.2) is 8.78 Å². The molecule has 1 aromatic carbocycles. The van der Waals surface area contributed by atoms with E-state index in [2.05, 4.69) is 0 Å². The summed E-state index contributed by atoms with van der Waals surface area (Å²) in [5.74, 6) is -1.31. The smallest absolute Gasteiger partial charge is 0.150 e. The van der Waals surface area contributed by atoms with Crippen molar-refractivity contribution in [2.45, 2.75) is 0 Å². The Kier molecular flexibility index (Phi) is 2.22. The van der Waals surface area contributed by atoms with E-state index in [1.807, 2.05) is 6.07 Å². The molecule has 0 N–H and O–H groups in total. The van der Waals surface area contributed by atoms with Crippen LogP contribution in [0.15, 0.2) is 36.7 Å². The van der Waals surface area contributed by atoms with Crippen molar-refractivity contribution in [3.63, 3.8) is 0 Å². The normalized spacial score (nSPS) is 9.93. The van der Waals surface area contributed by atoms with Crippen LogP contribution in [-0.4, -0.2) is 4.57 Å². The molecule has 0 saturated carbocycles. The molecule has 1 aromatic heterocycles. The fourth-order valence-corrected chi connectivity index (χ4v) is 1.34. The van der Waals surface area contributed by atoms with E-state index in [9.17, 15) is 8.78 Å². The van der Waals surface area contributed by atoms with Crippen molar-refractivity contribution in [2.24, 2.45) is 0 Å². The monoisotopic (exact) mass is 204 g/mol. The number of nitriles is 1. The summed E-state index contributed by atoms with van der Waals surface area (Å²) in [7, 11) is 0. The van der Waals surface area contributed by atoms with Crippen molar-refractivity contribution < 1.29 is 8.78 Å². The Morgan fingerprint density at radius 2 is 1.80 bits per heavy atom. The quantitative estimate of drug-likeness (QED) is 0.701. The SMILES string of the molecule is N#Cc1ccn(-c2c(F)cccc2F)c1. The molecular formula is C11H6F2N2. The summed E-state index contributed by atoms with van der Waals surface area (Å²) in [6, 6.07) is 7.02. The molecule has 0 spiro atoms. The number of aromatic nitrogens is 1. The Hall–Kier alpha value is -2.15. The van der Waals surface area contributed by atoms with Crippen LogP contribution in [0, 0.1) is 23.0 Å². The first-order valence-corrected chi connectivity index (χ1v) is 4.25. The molecular weight excluding hydrogens is 198 g/mol. The summed E-state index contributed by atoms with van der Waals surface area (Å²) in [4.78, 5) is 0. The van der Waals surface area contributed by atoms with E-state index in [1.54, 1.807) is 0 Å². The van der Waals surface area contributed by atoms with E-state index < -0.39 is 11.6 Å². The summed E-state index contributed by atoms with van der Waals surface area (Å²) >= 11 is 0. The molecule has 1 heterocycles. The number of para-hydroxylation sites is 1. The minimum Gasteiger partial charge on any atom is -0.318 e. The average Bonchev–Trinajstić information content (AvgIpc) is 2.66. The van der Waals surface area contributed by atoms with Crippen molar-refractivity contribution in [1.82, 2.24) is 4.57 Å². The largest absolute Gasteiger partial charge is 0.318 e. The Morgan fingerprint density at radius 1 is 1.13 bits per heavy atom. The van der Waals surface area contributed by atoms with Crippen molar-refractivity contribution in [3.05, 3.63) is 53.9 Å². The van der Waals surface area contributed by atoms with Crippen molar-refractivity contribution in [3.8, 4) is 11.8 Å². The van der Waals surface area contributed by atoms with Gasteiger partial charge in [0.05, 0.1) is 5.56 Å². The minimum absolute atomic E-state index is 0.168. The molecule has 0 fully saturated rings. The summed E-state index contributed by atoms with van der Waals surface area (Å²) in [6.45, 7) is 0. The number of hydrogen-bond donors (Lipinski definition) is 0. The Balaban J connectivity index is 2.59. The number of benzene rings is 1. The molecule has 0 radical (unpaired) electrons. The summed E-state index contributed by atoms with van der Waals surface area (Å²) in [6.07, 6.45) is 2.82. The van der Waals surface area contributed by atoms with Crippen LogP contribution < -0.4 is 0 Å². The summed E-state index contributed by atoms with van der Waals surface area (Å²) in [5, 5.41) is 8.59. The van der Waals surface area contributed by atoms with Gasteiger partial charge in [0.1, 0.15) is 23.4 Å². The first-order valence-electron chi connectivity index (χ1n) is 4.25. The Morgan fingerprint density at radius 3 is 2.33 bits per heavy atom. The van der Waals surface area contributed by atoms with Gasteiger partial charge in [-0.15, -0.1) is 0 Å². The molecule has 0 bridgehead atoms. The Labute approximate surface area is 85.0 Å². The molecule has 74 valence electrons. The zero-order chi connectivity index (χ0) is 10.8. The van der Waals surface area contributed by atoms with Gasteiger partial charge in [0.2, 0.25) is 0 Å². The third-order valence-electron chi connectivity index (χ3n) is 2.02. The molecule has 0 saturated heterocycles. The summed E-state index contributed by atoms with van der Waals surface area (Å²) < 4.78 is 27.9. The van der Waals surface area contributed by atoms with E-state index >= 15 is 0 Å². The lowest BCUT2D eigenvalue weighted by atomic mass is 10.3. The van der Waals surface area contributed by atoms with Crippen molar-refractivity contribution >= 4 is 0 Å². The van der Waals surface area contributed by atoms with Gasteiger partial charge in [-0.05, 0) is 18.2 Å². The summed E-state index contributed by atoms with van der Waals surface area (Å²) in [5.41, 5.74) is 0.191. The molecule has 15 heavy (non-hydrogen) atoms. The second kappa shape index (κ2) is 3.54. The van der Waals surface area contributed by atoms with E-state index in [-0.39, 0.29) is 5.69 Å². The lowest BCUT2D eigenvalue weighted by Crippen LogP contribution is -1.98. The highest BCUT2D eigenvalue weighted by Crippen LogP contribution is 2.18. The Bertz CT molecular complexity index is 518. The first kappa shape index (κ1) is 9.41. The van der Waals surface area contributed by atoms with Gasteiger partial charge in [0.25, 0.3) is 0 Å². The standard InChI is InChI=1S/C11H6F2N2/c12-9-2-1-3-10(13)11(9)15-5-4-8(6-14)7-15/h1-5,7H. The highest BCUT2D eigenvalue weighted by molar-refractivity contribution is 5.39. The molecule has 0 atom stereocenters. The van der Waals surface area contributed by atoms with Gasteiger partial charge in [-0.3, -0.25) is 0 Å². The fourth-order valence-electron chi connectivity index (χ4n) is 1.34. The van der Waals surface area contributed by atoms with Crippen LogP contribution in [0.4, 0.5) is 8.78 Å². The molecule has 2 aromatic rings. The van der Waals surface area contributed by atoms with Crippen molar-refractivity contribution in [2.75, 3.05) is 0 Å². The van der Waals surface area contributed by atoms with Crippen LogP contribution in [0.5, 0.6) is 0 Å². The predicted molar refractivity (Wildman–Crippen MR) is 50.4 cm³/mol. The number of nitrogens with zero attached hydrogens (tertiary/aromatic N) is 2. The third-order valence-corrected chi connectivity index (χ3v) is 2.02. The van der Waals surface area contributed by atoms with Crippen LogP contribution in [0.25, 0.3) is 5.69 Å². The first-order chi connectivity index (χ1) is 7.22. The lowest BCUT2D eigenvalue weighted by Gasteiger charge is -2.04. The molecule has 2 nitrogen and oxygen atoms in total. The highest BCUT2D eigenvalue weighted by atomic mass is 19.1. The van der Waals surface area contributed by atoms with Crippen LogP contribution in [0.2, 0.25) is 0 Å². The van der Waals surface area contributed by atoms with Gasteiger partial charge < -0.3 is 4.57 Å². The number of halogens is 2. The molecule has 0 amide bonds. The number of rotatable bonds is 1. The van der Waals surface area contributed by atoms with Gasteiger partial charge >= 0.3 is 0 Å². The maximum absolute atomic E-state index is 13.3. The number of hydrogen-bond acceptors (Lipinski definition) is 1. The molecule has 2 rings (SSSR count). The van der Waals surface area contributed by atoms with Gasteiger partial charge in [0, 0.05) is 12.4 Å². The lowest BCUT2D eigenvalue weighted by molar-refractivity contribution is 0.569. The van der Waals surface area contributed by atoms with Crippen LogP contribution >= 0.6 is 0 Å². The van der Waals surface area contributed by atoms with Crippen LogP contribution in [0.1, 0.15) is 5.56 Å². The highest BCUT2D eigenvalue weighted by Gasteiger charge is 2.10. The van der Waals surface area contributed by atoms with Gasteiger partial charge in [-0.2, -0.15) is 5.26 Å². The topological polar surface area (TPSA) is 28.7 Å². The fraction of sp³-hybridized carbons (Fsp3) is 0. The maximum atomic E-state index is 13.3. The molecule has 0 aliphatic carbocycles. The predicted octanol–water partition coefficient (Wildman–Crippen LogP) is 2.63. The van der Waals surface area contributed by atoms with Crippen molar-refractivity contribution in [1.29, 1.82) is 5.26 Å². The van der Waals surface area contributed by atoms with E-state index in [1.165, 1.54) is 41.2 Å². The van der Waals surface area contributed by atoms with Crippen LogP contribution in [-0.2, 0) is 0 Å². The van der Waals surface area contributed by atoms with Crippen LogP contribution in [0.3, 0.4) is 0 Å². The zero-order valence-electron chi connectivity index (χ0n) is 7.61. The van der Waals surface area contributed by atoms with Gasteiger partial charge in [-0.1, -0.05) is 6.07 Å². The van der Waals surface area contributed by atoms with Gasteiger partial charge in [0.15, 0.2) is 0 Å². The van der Waals surface area contributed by atoms with E-state index in [0.717, 1.165) is 0 Å². The van der Waals surface area contributed by atoms with E-state index in [4.69, 9.17) is 5.26 Å². The third kappa shape index (κ3) is 1.59. The molecule has 0 aliphatic rings. The second-order valence-corrected chi connectivity index (χ2v) is 2.99. The average molecular weight is 204 g/mol. The second-order valence-electron chi connectivity index (χ2n) is 2.99. The maximum Gasteiger partial charge on any atom is 0.150 e. The zero-order valence-corrected chi connectivity index (χ0v) is 7.61. The molecule has 0 aliphatic heterocycles. The minimum atomic E-state index is -0.657. The van der Waals surface area contributed by atoms with E-state index in [0.29, 0.717) is 5.56 Å². The molecule has 4 heteroatoms. The molecule has 0 unspecified atom stereocenters.